The average molecular weight is 332 g/mol. The molecule has 0 atom stereocenters. The Labute approximate surface area is 145 Å². The van der Waals surface area contributed by atoms with Gasteiger partial charge in [0.1, 0.15) is 0 Å². The standard InChI is InChI=1S/C19H32N4O/c1-13-15(14(2)21-20-13)12-22-8-7-9-23(11-10-22)17(24)16-18(3,4)19(16,5)6/h16H,7-12H2,1-6H3,(H,20,21). The number of carbonyl (C=O) groups excluding carboxylic acids is 1. The van der Waals surface area contributed by atoms with Crippen LogP contribution in [0.2, 0.25) is 0 Å². The van der Waals surface area contributed by atoms with Gasteiger partial charge in [0.2, 0.25) is 5.91 Å². The second-order valence-corrected chi connectivity index (χ2v) is 8.74. The topological polar surface area (TPSA) is 52.2 Å². The van der Waals surface area contributed by atoms with Crippen molar-refractivity contribution in [2.24, 2.45) is 16.7 Å². The van der Waals surface area contributed by atoms with Crippen LogP contribution in [0.4, 0.5) is 0 Å². The number of rotatable bonds is 3. The predicted molar refractivity (Wildman–Crippen MR) is 95.6 cm³/mol. The zero-order chi connectivity index (χ0) is 17.7. The fourth-order valence-electron chi connectivity index (χ4n) is 4.38. The average Bonchev–Trinajstić information content (AvgIpc) is 2.88. The third-order valence-electron chi connectivity index (χ3n) is 6.83. The third kappa shape index (κ3) is 2.77. The summed E-state index contributed by atoms with van der Waals surface area (Å²) in [6, 6.07) is 0. The molecule has 0 aromatic carbocycles. The van der Waals surface area contributed by atoms with Gasteiger partial charge >= 0.3 is 0 Å². The fourth-order valence-corrected chi connectivity index (χ4v) is 4.38. The maximum absolute atomic E-state index is 13.0. The van der Waals surface area contributed by atoms with Crippen molar-refractivity contribution in [1.82, 2.24) is 20.0 Å². The monoisotopic (exact) mass is 332 g/mol. The number of amides is 1. The van der Waals surface area contributed by atoms with E-state index in [1.807, 2.05) is 0 Å². The Morgan fingerprint density at radius 1 is 1.12 bits per heavy atom. The molecular formula is C19H32N4O. The molecule has 1 saturated heterocycles. The van der Waals surface area contributed by atoms with Crippen LogP contribution >= 0.6 is 0 Å². The lowest BCUT2D eigenvalue weighted by Gasteiger charge is -2.23. The van der Waals surface area contributed by atoms with Crippen molar-refractivity contribution in [2.45, 2.75) is 54.5 Å². The molecule has 2 heterocycles. The highest BCUT2D eigenvalue weighted by Crippen LogP contribution is 2.68. The van der Waals surface area contributed by atoms with Gasteiger partial charge in [-0.15, -0.1) is 0 Å². The van der Waals surface area contributed by atoms with Crippen LogP contribution in [-0.4, -0.2) is 52.1 Å². The molecule has 1 amide bonds. The minimum atomic E-state index is 0.126. The van der Waals surface area contributed by atoms with Gasteiger partial charge in [-0.2, -0.15) is 5.10 Å². The molecule has 5 heteroatoms. The largest absolute Gasteiger partial charge is 0.341 e. The van der Waals surface area contributed by atoms with Gasteiger partial charge in [0.25, 0.3) is 0 Å². The van der Waals surface area contributed by atoms with Gasteiger partial charge in [-0.1, -0.05) is 27.7 Å². The number of H-pyrrole nitrogens is 1. The van der Waals surface area contributed by atoms with Crippen LogP contribution < -0.4 is 0 Å². The molecular weight excluding hydrogens is 300 g/mol. The first-order chi connectivity index (χ1) is 11.2. The first-order valence-electron chi connectivity index (χ1n) is 9.18. The number of aromatic amines is 1. The molecule has 2 aliphatic rings. The smallest absolute Gasteiger partial charge is 0.226 e. The number of nitrogens with zero attached hydrogens (tertiary/aromatic N) is 3. The molecule has 1 aliphatic heterocycles. The second kappa shape index (κ2) is 5.87. The van der Waals surface area contributed by atoms with Crippen LogP contribution in [0.15, 0.2) is 0 Å². The SMILES string of the molecule is Cc1n[nH]c(C)c1CN1CCCN(C(=O)C2C(C)(C)C2(C)C)CC1. The number of aromatic nitrogens is 2. The van der Waals surface area contributed by atoms with E-state index in [2.05, 4.69) is 61.5 Å². The van der Waals surface area contributed by atoms with Crippen LogP contribution in [0.5, 0.6) is 0 Å². The van der Waals surface area contributed by atoms with E-state index in [0.29, 0.717) is 5.91 Å². The molecule has 0 unspecified atom stereocenters. The lowest BCUT2D eigenvalue weighted by Crippen LogP contribution is -2.37. The molecule has 1 aliphatic carbocycles. The summed E-state index contributed by atoms with van der Waals surface area (Å²) in [7, 11) is 0. The van der Waals surface area contributed by atoms with Crippen molar-refractivity contribution in [2.75, 3.05) is 26.2 Å². The van der Waals surface area contributed by atoms with E-state index >= 15 is 0 Å². The number of aryl methyl sites for hydroxylation is 2. The zero-order valence-corrected chi connectivity index (χ0v) is 16.1. The van der Waals surface area contributed by atoms with E-state index in [-0.39, 0.29) is 16.7 Å². The van der Waals surface area contributed by atoms with Crippen LogP contribution in [0.25, 0.3) is 0 Å². The zero-order valence-electron chi connectivity index (χ0n) is 16.1. The van der Waals surface area contributed by atoms with Gasteiger partial charge in [0.05, 0.1) is 5.69 Å². The highest BCUT2D eigenvalue weighted by molar-refractivity contribution is 5.84. The highest BCUT2D eigenvalue weighted by atomic mass is 16.2. The van der Waals surface area contributed by atoms with E-state index in [1.165, 1.54) is 5.56 Å². The Kier molecular flexibility index (Phi) is 4.27. The molecule has 0 radical (unpaired) electrons. The summed E-state index contributed by atoms with van der Waals surface area (Å²) in [6.45, 7) is 17.7. The molecule has 0 spiro atoms. The predicted octanol–water partition coefficient (Wildman–Crippen LogP) is 2.74. The van der Waals surface area contributed by atoms with Crippen LogP contribution in [0.1, 0.15) is 51.1 Å². The minimum Gasteiger partial charge on any atom is -0.341 e. The van der Waals surface area contributed by atoms with Crippen molar-refractivity contribution in [1.29, 1.82) is 0 Å². The molecule has 2 fully saturated rings. The maximum Gasteiger partial charge on any atom is 0.226 e. The Morgan fingerprint density at radius 2 is 1.79 bits per heavy atom. The number of hydrogen-bond acceptors (Lipinski definition) is 3. The Bertz CT molecular complexity index is 598. The summed E-state index contributed by atoms with van der Waals surface area (Å²) in [5.74, 6) is 0.539. The summed E-state index contributed by atoms with van der Waals surface area (Å²) < 4.78 is 0. The Balaban J connectivity index is 1.61. The number of hydrogen-bond donors (Lipinski definition) is 1. The van der Waals surface area contributed by atoms with Crippen molar-refractivity contribution in [3.63, 3.8) is 0 Å². The summed E-state index contributed by atoms with van der Waals surface area (Å²) in [6.07, 6.45) is 1.05. The first kappa shape index (κ1) is 17.5. The van der Waals surface area contributed by atoms with Crippen LogP contribution in [0, 0.1) is 30.6 Å². The normalized spacial score (nSPS) is 24.0. The van der Waals surface area contributed by atoms with Crippen molar-refractivity contribution in [3.8, 4) is 0 Å². The van der Waals surface area contributed by atoms with E-state index in [9.17, 15) is 4.79 Å². The van der Waals surface area contributed by atoms with Crippen molar-refractivity contribution >= 4 is 5.91 Å². The second-order valence-electron chi connectivity index (χ2n) is 8.74. The van der Waals surface area contributed by atoms with Crippen LogP contribution in [-0.2, 0) is 11.3 Å². The Morgan fingerprint density at radius 3 is 2.33 bits per heavy atom. The van der Waals surface area contributed by atoms with Gasteiger partial charge in [-0.05, 0) is 31.1 Å². The lowest BCUT2D eigenvalue weighted by molar-refractivity contribution is -0.133. The molecule has 1 saturated carbocycles. The molecule has 0 bridgehead atoms. The molecule has 5 nitrogen and oxygen atoms in total. The minimum absolute atomic E-state index is 0.126. The van der Waals surface area contributed by atoms with E-state index in [0.717, 1.165) is 50.5 Å². The van der Waals surface area contributed by atoms with E-state index in [1.54, 1.807) is 0 Å². The molecule has 1 N–H and O–H groups in total. The summed E-state index contributed by atoms with van der Waals surface area (Å²) in [4.78, 5) is 17.5. The Hall–Kier alpha value is -1.36. The first-order valence-corrected chi connectivity index (χ1v) is 9.18. The fraction of sp³-hybridized carbons (Fsp3) is 0.789. The molecule has 134 valence electrons. The molecule has 1 aromatic heterocycles. The van der Waals surface area contributed by atoms with E-state index in [4.69, 9.17) is 0 Å². The van der Waals surface area contributed by atoms with Gasteiger partial charge in [-0.3, -0.25) is 14.8 Å². The van der Waals surface area contributed by atoms with Crippen molar-refractivity contribution < 1.29 is 4.79 Å². The van der Waals surface area contributed by atoms with Crippen molar-refractivity contribution in [3.05, 3.63) is 17.0 Å². The molecule has 1 aromatic rings. The summed E-state index contributed by atoms with van der Waals surface area (Å²) in [5.41, 5.74) is 3.80. The summed E-state index contributed by atoms with van der Waals surface area (Å²) >= 11 is 0. The van der Waals surface area contributed by atoms with E-state index < -0.39 is 0 Å². The maximum atomic E-state index is 13.0. The van der Waals surface area contributed by atoms with Gasteiger partial charge in [0.15, 0.2) is 0 Å². The molecule has 24 heavy (non-hydrogen) atoms. The third-order valence-corrected chi connectivity index (χ3v) is 6.83. The van der Waals surface area contributed by atoms with Gasteiger partial charge in [0, 0.05) is 49.9 Å². The van der Waals surface area contributed by atoms with Gasteiger partial charge in [-0.25, -0.2) is 0 Å². The number of carbonyl (C=O) groups is 1. The lowest BCUT2D eigenvalue weighted by atomic mass is 10.0. The quantitative estimate of drug-likeness (QED) is 0.926. The summed E-state index contributed by atoms with van der Waals surface area (Å²) in [5, 5.41) is 7.36. The van der Waals surface area contributed by atoms with Crippen LogP contribution in [0.3, 0.4) is 0 Å². The molecule has 3 rings (SSSR count). The highest BCUT2D eigenvalue weighted by Gasteiger charge is 2.68. The van der Waals surface area contributed by atoms with Gasteiger partial charge < -0.3 is 4.90 Å². The number of nitrogens with one attached hydrogen (secondary N) is 1.